The van der Waals surface area contributed by atoms with E-state index in [4.69, 9.17) is 4.74 Å². The van der Waals surface area contributed by atoms with E-state index in [1.165, 1.54) is 11.3 Å². The Morgan fingerprint density at radius 1 is 1.12 bits per heavy atom. The molecule has 0 amide bonds. The van der Waals surface area contributed by atoms with E-state index in [0.717, 1.165) is 55.3 Å². The first kappa shape index (κ1) is 17.8. The Bertz CT molecular complexity index is 694. The molecule has 2 aromatic rings. The molecule has 0 unspecified atom stereocenters. The van der Waals surface area contributed by atoms with Crippen LogP contribution in [0.5, 0.6) is 5.75 Å². The smallest absolute Gasteiger partial charge is 0.324 e. The lowest BCUT2D eigenvalue weighted by atomic mass is 10.2. The minimum Gasteiger partial charge on any atom is -0.494 e. The fourth-order valence-corrected chi connectivity index (χ4v) is 3.67. The van der Waals surface area contributed by atoms with Gasteiger partial charge in [-0.05, 0) is 49.4 Å². The maximum absolute atomic E-state index is 10.8. The highest BCUT2D eigenvalue weighted by atomic mass is 32.1. The van der Waals surface area contributed by atoms with Crippen molar-refractivity contribution in [3.8, 4) is 16.2 Å². The van der Waals surface area contributed by atoms with Gasteiger partial charge in [-0.25, -0.2) is 0 Å². The number of nitro groups is 1. The largest absolute Gasteiger partial charge is 0.494 e. The molecule has 0 spiro atoms. The number of rotatable bonds is 7. The second-order valence-corrected chi connectivity index (χ2v) is 7.33. The van der Waals surface area contributed by atoms with Gasteiger partial charge in [-0.15, -0.1) is 0 Å². The van der Waals surface area contributed by atoms with E-state index in [-0.39, 0.29) is 9.92 Å². The van der Waals surface area contributed by atoms with E-state index in [9.17, 15) is 10.1 Å². The van der Waals surface area contributed by atoms with Gasteiger partial charge in [-0.1, -0.05) is 11.3 Å². The summed E-state index contributed by atoms with van der Waals surface area (Å²) in [6.45, 7) is 6.34. The molecule has 2 heterocycles. The van der Waals surface area contributed by atoms with E-state index in [2.05, 4.69) is 16.8 Å². The van der Waals surface area contributed by atoms with Crippen LogP contribution >= 0.6 is 11.3 Å². The van der Waals surface area contributed by atoms with Crippen LogP contribution in [-0.4, -0.2) is 61.1 Å². The normalized spacial score (nSPS) is 16.0. The third kappa shape index (κ3) is 5.01. The number of hydrogen-bond acceptors (Lipinski definition) is 6. The summed E-state index contributed by atoms with van der Waals surface area (Å²) in [5.74, 6) is 0.841. The molecule has 0 radical (unpaired) electrons. The van der Waals surface area contributed by atoms with Crippen molar-refractivity contribution in [2.24, 2.45) is 0 Å². The summed E-state index contributed by atoms with van der Waals surface area (Å²) in [4.78, 5) is 16.1. The number of piperazine rings is 1. The third-order valence-corrected chi connectivity index (χ3v) is 5.48. The van der Waals surface area contributed by atoms with Crippen LogP contribution in [0.1, 0.15) is 6.42 Å². The number of thiophene rings is 1. The highest BCUT2D eigenvalue weighted by Gasteiger charge is 2.13. The minimum atomic E-state index is -0.355. The van der Waals surface area contributed by atoms with Crippen molar-refractivity contribution in [3.63, 3.8) is 0 Å². The topological polar surface area (TPSA) is 58.8 Å². The number of nitrogens with zero attached hydrogens (tertiary/aromatic N) is 3. The zero-order chi connectivity index (χ0) is 17.6. The van der Waals surface area contributed by atoms with Gasteiger partial charge in [0.05, 0.1) is 11.5 Å². The molecular formula is C18H23N3O3S. The number of hydrogen-bond donors (Lipinski definition) is 0. The molecule has 0 N–H and O–H groups in total. The molecule has 1 fully saturated rings. The number of benzene rings is 1. The van der Waals surface area contributed by atoms with Crippen molar-refractivity contribution < 1.29 is 9.66 Å². The van der Waals surface area contributed by atoms with Gasteiger partial charge >= 0.3 is 5.00 Å². The van der Waals surface area contributed by atoms with Gasteiger partial charge in [0.25, 0.3) is 0 Å². The molecule has 0 saturated carbocycles. The molecule has 7 heteroatoms. The average Bonchev–Trinajstić information content (AvgIpc) is 3.11. The van der Waals surface area contributed by atoms with E-state index < -0.39 is 0 Å². The molecule has 3 rings (SSSR count). The average molecular weight is 361 g/mol. The molecule has 134 valence electrons. The lowest BCUT2D eigenvalue weighted by Gasteiger charge is -2.32. The quantitative estimate of drug-likeness (QED) is 0.430. The Morgan fingerprint density at radius 2 is 1.84 bits per heavy atom. The minimum absolute atomic E-state index is 0.166. The van der Waals surface area contributed by atoms with Crippen LogP contribution in [0.25, 0.3) is 10.4 Å². The first-order chi connectivity index (χ1) is 12.1. The third-order valence-electron chi connectivity index (χ3n) is 4.39. The highest BCUT2D eigenvalue weighted by Crippen LogP contribution is 2.33. The Hall–Kier alpha value is -1.96. The standard InChI is InChI=1S/C18H23N3O3S/c1-19-10-12-20(13-11-19)9-2-14-24-16-5-3-15(4-6-16)17-7-8-18(25-17)21(22)23/h3-8H,2,9-14H2,1H3. The first-order valence-electron chi connectivity index (χ1n) is 8.50. The van der Waals surface area contributed by atoms with Crippen molar-refractivity contribution in [1.29, 1.82) is 0 Å². The van der Waals surface area contributed by atoms with Gasteiger partial charge in [0.15, 0.2) is 0 Å². The van der Waals surface area contributed by atoms with Crippen molar-refractivity contribution in [2.75, 3.05) is 46.4 Å². The fraction of sp³-hybridized carbons (Fsp3) is 0.444. The Labute approximate surface area is 151 Å². The monoisotopic (exact) mass is 361 g/mol. The van der Waals surface area contributed by atoms with Gasteiger partial charge in [0.2, 0.25) is 0 Å². The van der Waals surface area contributed by atoms with Crippen LogP contribution in [-0.2, 0) is 0 Å². The summed E-state index contributed by atoms with van der Waals surface area (Å²) in [7, 11) is 2.17. The number of likely N-dealkylation sites (N-methyl/N-ethyl adjacent to an activating group) is 1. The predicted molar refractivity (Wildman–Crippen MR) is 100 cm³/mol. The van der Waals surface area contributed by atoms with Gasteiger partial charge in [0, 0.05) is 43.7 Å². The van der Waals surface area contributed by atoms with Crippen molar-refractivity contribution in [2.45, 2.75) is 6.42 Å². The summed E-state index contributed by atoms with van der Waals surface area (Å²) in [6, 6.07) is 11.1. The maximum atomic E-state index is 10.8. The summed E-state index contributed by atoms with van der Waals surface area (Å²) in [5, 5.41) is 10.9. The maximum Gasteiger partial charge on any atom is 0.324 e. The molecule has 0 bridgehead atoms. The molecule has 25 heavy (non-hydrogen) atoms. The van der Waals surface area contributed by atoms with Crippen LogP contribution in [0.3, 0.4) is 0 Å². The predicted octanol–water partition coefficient (Wildman–Crippen LogP) is 3.34. The molecule has 1 saturated heterocycles. The van der Waals surface area contributed by atoms with Crippen LogP contribution in [0, 0.1) is 10.1 Å². The second-order valence-electron chi connectivity index (χ2n) is 6.27. The SMILES string of the molecule is CN1CCN(CCCOc2ccc(-c3ccc([N+](=O)[O-])s3)cc2)CC1. The number of ether oxygens (including phenoxy) is 1. The molecule has 1 aliphatic heterocycles. The van der Waals surface area contributed by atoms with Crippen LogP contribution < -0.4 is 4.74 Å². The molecule has 1 aromatic carbocycles. The summed E-state index contributed by atoms with van der Waals surface area (Å²) < 4.78 is 5.81. The molecule has 6 nitrogen and oxygen atoms in total. The molecule has 1 aromatic heterocycles. The zero-order valence-electron chi connectivity index (χ0n) is 14.4. The van der Waals surface area contributed by atoms with E-state index in [1.807, 2.05) is 24.3 Å². The van der Waals surface area contributed by atoms with Crippen molar-refractivity contribution >= 4 is 16.3 Å². The van der Waals surface area contributed by atoms with E-state index >= 15 is 0 Å². The summed E-state index contributed by atoms with van der Waals surface area (Å²) in [6.07, 6.45) is 1.02. The lowest BCUT2D eigenvalue weighted by Crippen LogP contribution is -2.44. The highest BCUT2D eigenvalue weighted by molar-refractivity contribution is 7.18. The van der Waals surface area contributed by atoms with Crippen molar-refractivity contribution in [1.82, 2.24) is 9.80 Å². The zero-order valence-corrected chi connectivity index (χ0v) is 15.2. The van der Waals surface area contributed by atoms with Gasteiger partial charge < -0.3 is 14.5 Å². The Kier molecular flexibility index (Phi) is 6.01. The fourth-order valence-electron chi connectivity index (χ4n) is 2.85. The van der Waals surface area contributed by atoms with Gasteiger partial charge in [0.1, 0.15) is 5.75 Å². The van der Waals surface area contributed by atoms with E-state index in [1.54, 1.807) is 12.1 Å². The second kappa shape index (κ2) is 8.42. The van der Waals surface area contributed by atoms with E-state index in [0.29, 0.717) is 6.61 Å². The van der Waals surface area contributed by atoms with Crippen LogP contribution in [0.15, 0.2) is 36.4 Å². The van der Waals surface area contributed by atoms with Gasteiger partial charge in [-0.2, -0.15) is 0 Å². The van der Waals surface area contributed by atoms with Gasteiger partial charge in [-0.3, -0.25) is 10.1 Å². The van der Waals surface area contributed by atoms with Crippen LogP contribution in [0.4, 0.5) is 5.00 Å². The molecule has 0 aliphatic carbocycles. The molecular weight excluding hydrogens is 338 g/mol. The molecule has 0 atom stereocenters. The Balaban J connectivity index is 1.43. The lowest BCUT2D eigenvalue weighted by molar-refractivity contribution is -0.380. The Morgan fingerprint density at radius 3 is 2.48 bits per heavy atom. The molecule has 1 aliphatic rings. The first-order valence-corrected chi connectivity index (χ1v) is 9.32. The van der Waals surface area contributed by atoms with Crippen LogP contribution in [0.2, 0.25) is 0 Å². The summed E-state index contributed by atoms with van der Waals surface area (Å²) >= 11 is 1.19. The van der Waals surface area contributed by atoms with Crippen molar-refractivity contribution in [3.05, 3.63) is 46.5 Å². The summed E-state index contributed by atoms with van der Waals surface area (Å²) in [5.41, 5.74) is 0.975.